The van der Waals surface area contributed by atoms with Crippen LogP contribution in [-0.2, 0) is 20.3 Å². The summed E-state index contributed by atoms with van der Waals surface area (Å²) >= 11 is 0. The summed E-state index contributed by atoms with van der Waals surface area (Å²) in [5.41, 5.74) is 4.39. The van der Waals surface area contributed by atoms with E-state index < -0.39 is 0 Å². The number of benzene rings is 3. The van der Waals surface area contributed by atoms with Gasteiger partial charge in [-0.2, -0.15) is 0 Å². The van der Waals surface area contributed by atoms with Crippen molar-refractivity contribution < 1.29 is 28.5 Å². The van der Waals surface area contributed by atoms with E-state index in [1.807, 2.05) is 0 Å². The van der Waals surface area contributed by atoms with Gasteiger partial charge >= 0.3 is 11.9 Å². The average molecular weight is 1040 g/mol. The van der Waals surface area contributed by atoms with E-state index in [1.54, 1.807) is 38.5 Å². The summed E-state index contributed by atoms with van der Waals surface area (Å²) in [6, 6.07) is 23.9. The Labute approximate surface area is 461 Å². The van der Waals surface area contributed by atoms with Gasteiger partial charge in [0, 0.05) is 0 Å². The Bertz CT molecular complexity index is 2230. The van der Waals surface area contributed by atoms with Crippen molar-refractivity contribution in [1.29, 1.82) is 0 Å². The summed E-state index contributed by atoms with van der Waals surface area (Å²) in [6.45, 7) is 54.2. The van der Waals surface area contributed by atoms with Gasteiger partial charge in [-0.3, -0.25) is 0 Å². The first-order valence-electron chi connectivity index (χ1n) is 28.9. The minimum Gasteiger partial charge on any atom is -0.497 e. The summed E-state index contributed by atoms with van der Waals surface area (Å²) in [4.78, 5) is 26.1. The molecule has 0 amide bonds. The molecular formula is C69H112O6. The van der Waals surface area contributed by atoms with Crippen molar-refractivity contribution in [3.8, 4) is 11.5 Å². The minimum absolute atomic E-state index is 0.00832. The molecule has 3 aromatic carbocycles. The monoisotopic (exact) mass is 1040 g/mol. The Morgan fingerprint density at radius 2 is 0.720 bits per heavy atom. The predicted octanol–water partition coefficient (Wildman–Crippen LogP) is 19.7. The van der Waals surface area contributed by atoms with Crippen LogP contribution in [0.25, 0.3) is 0 Å². The zero-order valence-corrected chi connectivity index (χ0v) is 52.7. The fourth-order valence-corrected chi connectivity index (χ4v) is 12.2. The van der Waals surface area contributed by atoms with Gasteiger partial charge in [-0.15, -0.1) is 0 Å². The third-order valence-electron chi connectivity index (χ3n) is 21.1. The van der Waals surface area contributed by atoms with Gasteiger partial charge in [0.2, 0.25) is 0 Å². The van der Waals surface area contributed by atoms with Crippen LogP contribution in [0.5, 0.6) is 11.5 Å². The van der Waals surface area contributed by atoms with Crippen molar-refractivity contribution in [2.24, 2.45) is 55.2 Å². The van der Waals surface area contributed by atoms with E-state index in [0.717, 1.165) is 82.1 Å². The van der Waals surface area contributed by atoms with Gasteiger partial charge in [0.05, 0.1) is 38.6 Å². The molecule has 0 saturated carbocycles. The van der Waals surface area contributed by atoms with Crippen LogP contribution in [0.3, 0.4) is 0 Å². The van der Waals surface area contributed by atoms with Crippen LogP contribution in [0.1, 0.15) is 255 Å². The lowest BCUT2D eigenvalue weighted by molar-refractivity contribution is -0.0422. The van der Waals surface area contributed by atoms with E-state index in [4.69, 9.17) is 18.9 Å². The smallest absolute Gasteiger partial charge is 0.338 e. The molecule has 0 aliphatic heterocycles. The van der Waals surface area contributed by atoms with Crippen LogP contribution in [0.15, 0.2) is 72.8 Å². The van der Waals surface area contributed by atoms with Crippen molar-refractivity contribution in [2.45, 2.75) is 234 Å². The number of rotatable bonds is 31. The Morgan fingerprint density at radius 1 is 0.400 bits per heavy atom. The van der Waals surface area contributed by atoms with Crippen molar-refractivity contribution in [3.05, 3.63) is 95.1 Å². The summed E-state index contributed by atoms with van der Waals surface area (Å²) in [5, 5.41) is 0. The van der Waals surface area contributed by atoms with Crippen LogP contribution >= 0.6 is 0 Å². The number of esters is 2. The predicted molar refractivity (Wildman–Crippen MR) is 318 cm³/mol. The molecule has 0 aromatic heterocycles. The molecule has 0 spiro atoms. The van der Waals surface area contributed by atoms with Crippen molar-refractivity contribution >= 4 is 11.9 Å². The molecular weight excluding hydrogens is 925 g/mol. The van der Waals surface area contributed by atoms with Crippen LogP contribution < -0.4 is 9.47 Å². The Kier molecular flexibility index (Phi) is 22.1. The van der Waals surface area contributed by atoms with Gasteiger partial charge < -0.3 is 18.9 Å². The minimum atomic E-state index is -0.358. The Morgan fingerprint density at radius 3 is 1.08 bits per heavy atom. The number of carbonyl (C=O) groups excluding carboxylic acids is 2. The van der Waals surface area contributed by atoms with Gasteiger partial charge in [0.1, 0.15) is 11.5 Å². The Balaban J connectivity index is 1.40. The second kappa shape index (κ2) is 25.3. The maximum Gasteiger partial charge on any atom is 0.338 e. The van der Waals surface area contributed by atoms with E-state index in [2.05, 4.69) is 201 Å². The fraction of sp³-hybridized carbons (Fsp3) is 0.710. The normalized spacial score (nSPS) is 14.6. The standard InChI is InChI=1S/C69H112O6/c1-50(27-25-43-61(5,6)64(11,12)48-66(15,16)63(9,10)47-60(3,4)54-33-37-56(72-23)38-34-54)41-45-74-58(70)52-29-31-53(32-30-52)59(71)75-46-42-51(2)28-26-44-62(7,8)65(13,14)49-67(17,18)69(21,22)68(19,20)55-35-39-57(73-24)40-36-55/h29-40,50-51H,25-28,41-49H2,1-24H3. The maximum atomic E-state index is 13.0. The van der Waals surface area contributed by atoms with Crippen LogP contribution in [0.4, 0.5) is 0 Å². The van der Waals surface area contributed by atoms with Crippen molar-refractivity contribution in [2.75, 3.05) is 27.4 Å². The summed E-state index contributed by atoms with van der Waals surface area (Å²) < 4.78 is 22.3. The summed E-state index contributed by atoms with van der Waals surface area (Å²) in [7, 11) is 3.44. The number of methoxy groups -OCH3 is 2. The first-order chi connectivity index (χ1) is 34.2. The van der Waals surface area contributed by atoms with E-state index in [1.165, 1.54) is 11.1 Å². The molecule has 3 aromatic rings. The molecule has 0 aliphatic rings. The van der Waals surface area contributed by atoms with Gasteiger partial charge in [-0.05, 0) is 171 Å². The zero-order valence-electron chi connectivity index (χ0n) is 52.7. The van der Waals surface area contributed by atoms with E-state index in [-0.39, 0.29) is 66.1 Å². The van der Waals surface area contributed by atoms with Crippen molar-refractivity contribution in [3.63, 3.8) is 0 Å². The highest BCUT2D eigenvalue weighted by molar-refractivity contribution is 5.93. The second-order valence-electron chi connectivity index (χ2n) is 29.7. The second-order valence-corrected chi connectivity index (χ2v) is 29.7. The van der Waals surface area contributed by atoms with Gasteiger partial charge in [-0.25, -0.2) is 9.59 Å². The number of carbonyl (C=O) groups is 2. The molecule has 424 valence electrons. The first kappa shape index (κ1) is 65.5. The maximum absolute atomic E-state index is 13.0. The van der Waals surface area contributed by atoms with Crippen molar-refractivity contribution in [1.82, 2.24) is 0 Å². The third kappa shape index (κ3) is 16.9. The average Bonchev–Trinajstić information content (AvgIpc) is 3.30. The van der Waals surface area contributed by atoms with Gasteiger partial charge in [0.25, 0.3) is 0 Å². The zero-order chi connectivity index (χ0) is 57.3. The SMILES string of the molecule is COc1ccc(C(C)(C)CC(C)(C)C(C)(C)CC(C)(C)C(C)(C)CCCC(C)CCOC(=O)c2ccc(C(=O)OCCC(C)CCCC(C)(C)C(C)(C)CC(C)(C)C(C)(C)C(C)(C)c3ccc(OC)cc3)cc2)cc1. The molecule has 0 saturated heterocycles. The van der Waals surface area contributed by atoms with Crippen LogP contribution in [0, 0.1) is 55.2 Å². The molecule has 6 nitrogen and oxygen atoms in total. The lowest BCUT2D eigenvalue weighted by atomic mass is 9.48. The van der Waals surface area contributed by atoms with Gasteiger partial charge in [0.15, 0.2) is 0 Å². The van der Waals surface area contributed by atoms with E-state index >= 15 is 0 Å². The Hall–Kier alpha value is -3.80. The highest BCUT2D eigenvalue weighted by atomic mass is 16.5. The third-order valence-corrected chi connectivity index (χ3v) is 21.1. The quantitative estimate of drug-likeness (QED) is 0.0598. The lowest BCUT2D eigenvalue weighted by Gasteiger charge is -2.57. The molecule has 2 atom stereocenters. The first-order valence-corrected chi connectivity index (χ1v) is 28.9. The molecule has 2 unspecified atom stereocenters. The van der Waals surface area contributed by atoms with Gasteiger partial charge in [-0.1, -0.05) is 202 Å². The molecule has 0 aliphatic carbocycles. The van der Waals surface area contributed by atoms with Crippen LogP contribution in [0.2, 0.25) is 0 Å². The van der Waals surface area contributed by atoms with E-state index in [9.17, 15) is 9.59 Å². The molecule has 0 N–H and O–H groups in total. The number of hydrogen-bond acceptors (Lipinski definition) is 6. The molecule has 3 rings (SSSR count). The highest BCUT2D eigenvalue weighted by Crippen LogP contribution is 2.60. The van der Waals surface area contributed by atoms with Crippen LogP contribution in [-0.4, -0.2) is 39.4 Å². The molecule has 75 heavy (non-hydrogen) atoms. The molecule has 0 heterocycles. The fourth-order valence-electron chi connectivity index (χ4n) is 12.2. The molecule has 0 radical (unpaired) electrons. The number of hydrogen-bond donors (Lipinski definition) is 0. The molecule has 0 bridgehead atoms. The summed E-state index contributed by atoms with van der Waals surface area (Å²) in [5.74, 6) is 1.95. The highest BCUT2D eigenvalue weighted by Gasteiger charge is 2.52. The van der Waals surface area contributed by atoms with E-state index in [0.29, 0.717) is 36.2 Å². The molecule has 6 heteroatoms. The topological polar surface area (TPSA) is 71.1 Å². The lowest BCUT2D eigenvalue weighted by Crippen LogP contribution is -2.50. The summed E-state index contributed by atoms with van der Waals surface area (Å²) in [6.07, 6.45) is 11.7. The molecule has 0 fully saturated rings. The number of ether oxygens (including phenoxy) is 4. The largest absolute Gasteiger partial charge is 0.497 e.